The summed E-state index contributed by atoms with van der Waals surface area (Å²) >= 11 is 0. The van der Waals surface area contributed by atoms with Crippen molar-refractivity contribution >= 4 is 22.6 Å². The second kappa shape index (κ2) is 8.31. The van der Waals surface area contributed by atoms with Gasteiger partial charge in [-0.05, 0) is 42.7 Å². The Labute approximate surface area is 186 Å². The number of carbonyl (C=O) groups is 1. The van der Waals surface area contributed by atoms with E-state index in [1.165, 1.54) is 0 Å². The second-order valence-corrected chi connectivity index (χ2v) is 8.37. The molecule has 1 fully saturated rings. The molecule has 0 bridgehead atoms. The van der Waals surface area contributed by atoms with Crippen LogP contribution in [0.1, 0.15) is 16.7 Å². The monoisotopic (exact) mass is 434 g/mol. The zero-order valence-electron chi connectivity index (χ0n) is 18.3. The molecule has 2 aliphatic heterocycles. The molecule has 7 nitrogen and oxygen atoms in total. The first-order valence-electron chi connectivity index (χ1n) is 10.9. The number of morpholine rings is 1. The Morgan fingerprint density at radius 3 is 2.69 bits per heavy atom. The molecule has 1 atom stereocenters. The number of para-hydroxylation sites is 2. The van der Waals surface area contributed by atoms with E-state index in [4.69, 9.17) is 13.9 Å². The smallest absolute Gasteiger partial charge is 0.336 e. The fourth-order valence-corrected chi connectivity index (χ4v) is 4.43. The molecule has 0 radical (unpaired) electrons. The molecule has 3 aromatic rings. The van der Waals surface area contributed by atoms with E-state index in [0.29, 0.717) is 50.7 Å². The molecule has 7 heteroatoms. The van der Waals surface area contributed by atoms with Crippen LogP contribution in [0.3, 0.4) is 0 Å². The van der Waals surface area contributed by atoms with E-state index in [9.17, 15) is 9.59 Å². The standard InChI is InChI=1S/C25H26N2O5/c1-16-7-8-19-18(13-23(28)32-24(19)17(16)2)14-27-15-22(25(29)26-9-11-30-12-10-26)31-21-6-4-3-5-20(21)27/h3-8,13,22H,9-12,14-15H2,1-2H3. The van der Waals surface area contributed by atoms with Gasteiger partial charge in [-0.2, -0.15) is 0 Å². The Kier molecular flexibility index (Phi) is 5.35. The first-order valence-corrected chi connectivity index (χ1v) is 10.9. The molecule has 32 heavy (non-hydrogen) atoms. The maximum Gasteiger partial charge on any atom is 0.336 e. The number of rotatable bonds is 3. The van der Waals surface area contributed by atoms with Crippen molar-refractivity contribution in [2.75, 3.05) is 37.7 Å². The van der Waals surface area contributed by atoms with Gasteiger partial charge < -0.3 is 23.7 Å². The number of aryl methyl sites for hydroxylation is 2. The molecule has 0 aliphatic carbocycles. The average molecular weight is 434 g/mol. The van der Waals surface area contributed by atoms with E-state index in [2.05, 4.69) is 4.90 Å². The van der Waals surface area contributed by atoms with Gasteiger partial charge in [0.1, 0.15) is 11.3 Å². The van der Waals surface area contributed by atoms with Gasteiger partial charge in [-0.1, -0.05) is 24.3 Å². The van der Waals surface area contributed by atoms with E-state index in [1.54, 1.807) is 11.0 Å². The predicted molar refractivity (Wildman–Crippen MR) is 121 cm³/mol. The molecule has 1 aromatic heterocycles. The van der Waals surface area contributed by atoms with Crippen molar-refractivity contribution in [3.8, 4) is 5.75 Å². The number of benzene rings is 2. The summed E-state index contributed by atoms with van der Waals surface area (Å²) in [6.07, 6.45) is -0.613. The van der Waals surface area contributed by atoms with Gasteiger partial charge in [0.05, 0.1) is 25.4 Å². The van der Waals surface area contributed by atoms with Crippen LogP contribution >= 0.6 is 0 Å². The minimum Gasteiger partial charge on any atom is -0.477 e. The van der Waals surface area contributed by atoms with Crippen molar-refractivity contribution in [1.82, 2.24) is 4.90 Å². The van der Waals surface area contributed by atoms with Crippen LogP contribution in [0.2, 0.25) is 0 Å². The summed E-state index contributed by atoms with van der Waals surface area (Å²) in [5, 5.41) is 0.910. The second-order valence-electron chi connectivity index (χ2n) is 8.37. The highest BCUT2D eigenvalue weighted by Crippen LogP contribution is 2.35. The highest BCUT2D eigenvalue weighted by molar-refractivity contribution is 5.85. The Bertz CT molecular complexity index is 1230. The molecule has 1 unspecified atom stereocenters. The van der Waals surface area contributed by atoms with Gasteiger partial charge in [-0.15, -0.1) is 0 Å². The summed E-state index contributed by atoms with van der Waals surface area (Å²) in [4.78, 5) is 29.4. The van der Waals surface area contributed by atoms with E-state index < -0.39 is 6.10 Å². The van der Waals surface area contributed by atoms with E-state index in [-0.39, 0.29) is 11.5 Å². The lowest BCUT2D eigenvalue weighted by Gasteiger charge is -2.38. The van der Waals surface area contributed by atoms with Gasteiger partial charge in [0.25, 0.3) is 5.91 Å². The normalized spacial score (nSPS) is 18.4. The number of anilines is 1. The Balaban J connectivity index is 1.51. The van der Waals surface area contributed by atoms with Crippen molar-refractivity contribution < 1.29 is 18.7 Å². The largest absolute Gasteiger partial charge is 0.477 e. The summed E-state index contributed by atoms with van der Waals surface area (Å²) in [5.74, 6) is 0.640. The maximum absolute atomic E-state index is 13.2. The molecule has 0 saturated carbocycles. The van der Waals surface area contributed by atoms with Crippen LogP contribution in [0.25, 0.3) is 11.0 Å². The summed E-state index contributed by atoms with van der Waals surface area (Å²) < 4.78 is 17.0. The van der Waals surface area contributed by atoms with Crippen LogP contribution in [0.15, 0.2) is 51.7 Å². The third-order valence-electron chi connectivity index (χ3n) is 6.34. The number of ether oxygens (including phenoxy) is 2. The highest BCUT2D eigenvalue weighted by Gasteiger charge is 2.34. The summed E-state index contributed by atoms with van der Waals surface area (Å²) in [6, 6.07) is 13.3. The van der Waals surface area contributed by atoms with Gasteiger partial charge >= 0.3 is 5.63 Å². The average Bonchev–Trinajstić information content (AvgIpc) is 2.81. The Morgan fingerprint density at radius 2 is 1.88 bits per heavy atom. The SMILES string of the molecule is Cc1ccc2c(CN3CC(C(=O)N4CCOCC4)Oc4ccccc43)cc(=O)oc2c1C. The minimum atomic E-state index is -0.613. The summed E-state index contributed by atoms with van der Waals surface area (Å²) in [5.41, 5.74) is 4.06. The van der Waals surface area contributed by atoms with E-state index in [0.717, 1.165) is 27.8 Å². The Hall–Kier alpha value is -3.32. The van der Waals surface area contributed by atoms with Gasteiger partial charge in [-0.3, -0.25) is 4.79 Å². The van der Waals surface area contributed by atoms with Crippen LogP contribution < -0.4 is 15.3 Å². The molecule has 166 valence electrons. The summed E-state index contributed by atoms with van der Waals surface area (Å²) in [7, 11) is 0. The van der Waals surface area contributed by atoms with Crippen LogP contribution in [0.5, 0.6) is 5.75 Å². The van der Waals surface area contributed by atoms with Crippen molar-refractivity contribution in [1.29, 1.82) is 0 Å². The molecular formula is C25H26N2O5. The molecule has 3 heterocycles. The molecule has 0 N–H and O–H groups in total. The molecule has 1 amide bonds. The number of hydrogen-bond acceptors (Lipinski definition) is 6. The van der Waals surface area contributed by atoms with Crippen molar-refractivity contribution in [2.45, 2.75) is 26.5 Å². The van der Waals surface area contributed by atoms with Crippen LogP contribution in [0, 0.1) is 13.8 Å². The predicted octanol–water partition coefficient (Wildman–Crippen LogP) is 3.04. The van der Waals surface area contributed by atoms with E-state index in [1.807, 2.05) is 50.2 Å². The van der Waals surface area contributed by atoms with Gasteiger partial charge in [0.2, 0.25) is 0 Å². The molecule has 0 spiro atoms. The van der Waals surface area contributed by atoms with Crippen LogP contribution in [0.4, 0.5) is 5.69 Å². The maximum atomic E-state index is 13.2. The minimum absolute atomic E-state index is 0.0308. The molecule has 2 aromatic carbocycles. The fraction of sp³-hybridized carbons (Fsp3) is 0.360. The lowest BCUT2D eigenvalue weighted by Crippen LogP contribution is -2.52. The number of nitrogens with zero attached hydrogens (tertiary/aromatic N) is 2. The van der Waals surface area contributed by atoms with Crippen LogP contribution in [-0.2, 0) is 16.1 Å². The van der Waals surface area contributed by atoms with Gasteiger partial charge in [0.15, 0.2) is 6.10 Å². The zero-order chi connectivity index (χ0) is 22.2. The topological polar surface area (TPSA) is 72.2 Å². The number of fused-ring (bicyclic) bond motifs is 2. The van der Waals surface area contributed by atoms with E-state index >= 15 is 0 Å². The van der Waals surface area contributed by atoms with Gasteiger partial charge in [0, 0.05) is 31.1 Å². The first-order chi connectivity index (χ1) is 15.5. The van der Waals surface area contributed by atoms with Crippen molar-refractivity contribution in [3.05, 3.63) is 69.6 Å². The highest BCUT2D eigenvalue weighted by atomic mass is 16.5. The quantitative estimate of drug-likeness (QED) is 0.590. The third kappa shape index (κ3) is 3.73. The van der Waals surface area contributed by atoms with Crippen molar-refractivity contribution in [2.24, 2.45) is 0 Å². The van der Waals surface area contributed by atoms with Gasteiger partial charge in [-0.25, -0.2) is 4.79 Å². The van der Waals surface area contributed by atoms with Crippen molar-refractivity contribution in [3.63, 3.8) is 0 Å². The first kappa shape index (κ1) is 20.6. The molecule has 1 saturated heterocycles. The molecule has 5 rings (SSSR count). The number of carbonyl (C=O) groups excluding carboxylic acids is 1. The lowest BCUT2D eigenvalue weighted by atomic mass is 10.0. The van der Waals surface area contributed by atoms with Crippen LogP contribution in [-0.4, -0.2) is 49.8 Å². The number of hydrogen-bond donors (Lipinski definition) is 0. The summed E-state index contributed by atoms with van der Waals surface area (Å²) in [6.45, 7) is 7.07. The fourth-order valence-electron chi connectivity index (χ4n) is 4.43. The Morgan fingerprint density at radius 1 is 1.09 bits per heavy atom. The molecular weight excluding hydrogens is 408 g/mol. The zero-order valence-corrected chi connectivity index (χ0v) is 18.3. The molecule has 2 aliphatic rings. The third-order valence-corrected chi connectivity index (χ3v) is 6.34. The lowest BCUT2D eigenvalue weighted by molar-refractivity contribution is -0.142. The number of amides is 1.